The van der Waals surface area contributed by atoms with Crippen LogP contribution in [0.3, 0.4) is 0 Å². The van der Waals surface area contributed by atoms with Gasteiger partial charge in [-0.15, -0.1) is 11.3 Å². The third-order valence-electron chi connectivity index (χ3n) is 6.12. The number of fused-ring (bicyclic) bond motifs is 1. The van der Waals surface area contributed by atoms with Gasteiger partial charge in [0.15, 0.2) is 6.61 Å². The lowest BCUT2D eigenvalue weighted by molar-refractivity contribution is -0.117. The third kappa shape index (κ3) is 8.37. The van der Waals surface area contributed by atoms with Crippen molar-refractivity contribution < 1.29 is 23.0 Å². The summed E-state index contributed by atoms with van der Waals surface area (Å²) in [7, 11) is 0. The second kappa shape index (κ2) is 11.9. The lowest BCUT2D eigenvalue weighted by Gasteiger charge is -2.29. The van der Waals surface area contributed by atoms with Crippen molar-refractivity contribution in [3.05, 3.63) is 26.7 Å². The lowest BCUT2D eigenvalue weighted by Crippen LogP contribution is -2.33. The summed E-state index contributed by atoms with van der Waals surface area (Å²) in [5, 5.41) is 1.30. The summed E-state index contributed by atoms with van der Waals surface area (Å²) in [4.78, 5) is 29.3. The van der Waals surface area contributed by atoms with E-state index >= 15 is 0 Å². The zero-order chi connectivity index (χ0) is 24.8. The van der Waals surface area contributed by atoms with Gasteiger partial charge in [0.05, 0.1) is 29.8 Å². The summed E-state index contributed by atoms with van der Waals surface area (Å²) < 4.78 is 37.3. The van der Waals surface area contributed by atoms with Crippen molar-refractivity contribution in [2.45, 2.75) is 64.4 Å². The van der Waals surface area contributed by atoms with Gasteiger partial charge >= 0.3 is 0 Å². The molecule has 0 N–H and O–H groups in total. The molecule has 0 aliphatic carbocycles. The van der Waals surface area contributed by atoms with E-state index in [-0.39, 0.29) is 17.9 Å². The Morgan fingerprint density at radius 1 is 1.34 bits per heavy atom. The summed E-state index contributed by atoms with van der Waals surface area (Å²) >= 11 is 2.92. The predicted octanol–water partition coefficient (Wildman–Crippen LogP) is 4.37. The number of halogens is 2. The Labute approximate surface area is 212 Å². The number of aromatic nitrogens is 2. The Kier molecular flexibility index (Phi) is 8.96. The molecule has 2 aliphatic rings. The first-order valence-corrected chi connectivity index (χ1v) is 13.7. The fourth-order valence-electron chi connectivity index (χ4n) is 4.23. The zero-order valence-corrected chi connectivity index (χ0v) is 21.8. The van der Waals surface area contributed by atoms with E-state index in [1.165, 1.54) is 22.7 Å². The van der Waals surface area contributed by atoms with Gasteiger partial charge in [-0.05, 0) is 32.6 Å². The number of hydrogen-bond acceptors (Lipinski definition) is 8. The van der Waals surface area contributed by atoms with Crippen LogP contribution in [0.5, 0.6) is 5.19 Å². The van der Waals surface area contributed by atoms with Gasteiger partial charge in [0, 0.05) is 61.1 Å². The van der Waals surface area contributed by atoms with Crippen LogP contribution in [0.15, 0.2) is 11.2 Å². The molecule has 0 aromatic carbocycles. The summed E-state index contributed by atoms with van der Waals surface area (Å²) in [6, 6.07) is 0. The number of rotatable bonds is 9. The molecule has 2 aromatic rings. The number of ether oxygens (including phenoxy) is 2. The summed E-state index contributed by atoms with van der Waals surface area (Å²) in [5.74, 6) is -2.81. The maximum absolute atomic E-state index is 13.0. The maximum Gasteiger partial charge on any atom is 0.278 e. The molecule has 0 saturated carbocycles. The molecular weight excluding hydrogens is 494 g/mol. The van der Waals surface area contributed by atoms with Crippen LogP contribution in [-0.2, 0) is 28.8 Å². The molecule has 4 heterocycles. The fraction of sp³-hybridized carbons (Fsp3) is 0.667. The SMILES string of the molecule is Cc1ncc(CC(=O)/N=C/C2CC[C@H](CCN3CCc4nc(OCC(C)(F)F)sc4CC3)OC2)s1. The first-order valence-electron chi connectivity index (χ1n) is 12.0. The average Bonchev–Trinajstić information content (AvgIpc) is 3.36. The van der Waals surface area contributed by atoms with Crippen LogP contribution in [0.25, 0.3) is 0 Å². The Morgan fingerprint density at radius 3 is 2.89 bits per heavy atom. The van der Waals surface area contributed by atoms with Crippen LogP contribution in [-0.4, -0.2) is 71.9 Å². The molecular formula is C24H32F2N4O3S2. The molecule has 1 saturated heterocycles. The first-order chi connectivity index (χ1) is 16.7. The highest BCUT2D eigenvalue weighted by atomic mass is 32.1. The number of carbonyl (C=O) groups excluding carboxylic acids is 1. The van der Waals surface area contributed by atoms with E-state index < -0.39 is 12.5 Å². The number of carbonyl (C=O) groups is 1. The van der Waals surface area contributed by atoms with Gasteiger partial charge in [0.1, 0.15) is 0 Å². The minimum atomic E-state index is -2.85. The molecule has 11 heteroatoms. The van der Waals surface area contributed by atoms with Crippen LogP contribution < -0.4 is 4.74 Å². The minimum absolute atomic E-state index is 0.137. The van der Waals surface area contributed by atoms with Gasteiger partial charge < -0.3 is 14.4 Å². The van der Waals surface area contributed by atoms with E-state index in [1.54, 1.807) is 12.4 Å². The molecule has 1 amide bonds. The van der Waals surface area contributed by atoms with Crippen LogP contribution in [0.2, 0.25) is 0 Å². The molecule has 2 aliphatic heterocycles. The van der Waals surface area contributed by atoms with E-state index in [9.17, 15) is 13.6 Å². The van der Waals surface area contributed by atoms with E-state index in [0.29, 0.717) is 18.2 Å². The molecule has 1 fully saturated rings. The summed E-state index contributed by atoms with van der Waals surface area (Å²) in [5.41, 5.74) is 0.975. The van der Waals surface area contributed by atoms with Crippen molar-refractivity contribution in [3.8, 4) is 5.19 Å². The molecule has 192 valence electrons. The van der Waals surface area contributed by atoms with Crippen molar-refractivity contribution in [2.75, 3.05) is 32.8 Å². The van der Waals surface area contributed by atoms with Crippen LogP contribution in [0.4, 0.5) is 8.78 Å². The lowest BCUT2D eigenvalue weighted by atomic mass is 9.98. The Morgan fingerprint density at radius 2 is 2.17 bits per heavy atom. The predicted molar refractivity (Wildman–Crippen MR) is 133 cm³/mol. The van der Waals surface area contributed by atoms with Gasteiger partial charge in [-0.2, -0.15) is 0 Å². The minimum Gasteiger partial charge on any atom is -0.464 e. The molecule has 35 heavy (non-hydrogen) atoms. The van der Waals surface area contributed by atoms with E-state index in [0.717, 1.165) is 79.1 Å². The van der Waals surface area contributed by atoms with Crippen molar-refractivity contribution in [3.63, 3.8) is 0 Å². The smallest absolute Gasteiger partial charge is 0.278 e. The van der Waals surface area contributed by atoms with E-state index in [2.05, 4.69) is 19.9 Å². The molecule has 0 spiro atoms. The number of aliphatic imine (C=N–C) groups is 1. The Hall–Kier alpha value is -1.82. The first kappa shape index (κ1) is 26.2. The van der Waals surface area contributed by atoms with Gasteiger partial charge in [0.2, 0.25) is 0 Å². The van der Waals surface area contributed by atoms with E-state index in [4.69, 9.17) is 9.47 Å². The van der Waals surface area contributed by atoms with Crippen LogP contribution in [0, 0.1) is 12.8 Å². The van der Waals surface area contributed by atoms with E-state index in [1.807, 2.05) is 6.92 Å². The zero-order valence-electron chi connectivity index (χ0n) is 20.2. The molecule has 2 atom stereocenters. The monoisotopic (exact) mass is 526 g/mol. The van der Waals surface area contributed by atoms with Gasteiger partial charge in [-0.25, -0.2) is 23.7 Å². The van der Waals surface area contributed by atoms with Crippen molar-refractivity contribution >= 4 is 34.8 Å². The topological polar surface area (TPSA) is 76.9 Å². The largest absolute Gasteiger partial charge is 0.464 e. The standard InChI is InChI=1S/C24H32F2N4O3S2/c1-16-27-13-19(34-16)11-22(31)28-12-17-3-4-18(32-14-17)5-8-30-9-6-20-21(7-10-30)35-23(29-20)33-15-24(2,25)26/h12-13,17-18H,3-11,14-15H2,1-2H3/b28-12+/t17?,18-/m1/s1. The van der Waals surface area contributed by atoms with Gasteiger partial charge in [0.25, 0.3) is 17.0 Å². The molecule has 4 rings (SSSR count). The van der Waals surface area contributed by atoms with Crippen molar-refractivity contribution in [2.24, 2.45) is 10.9 Å². The molecule has 2 aromatic heterocycles. The number of aryl methyl sites for hydroxylation is 1. The molecule has 7 nitrogen and oxygen atoms in total. The normalized spacial score (nSPS) is 21.7. The van der Waals surface area contributed by atoms with Crippen molar-refractivity contribution in [1.29, 1.82) is 0 Å². The van der Waals surface area contributed by atoms with Gasteiger partial charge in [-0.3, -0.25) is 4.79 Å². The number of nitrogens with zero attached hydrogens (tertiary/aromatic N) is 4. The average molecular weight is 527 g/mol. The molecule has 0 radical (unpaired) electrons. The quantitative estimate of drug-likeness (QED) is 0.452. The summed E-state index contributed by atoms with van der Waals surface area (Å²) in [6.07, 6.45) is 8.59. The number of amides is 1. The second-order valence-electron chi connectivity index (χ2n) is 9.33. The van der Waals surface area contributed by atoms with Crippen LogP contribution >= 0.6 is 22.7 Å². The number of thiazole rings is 2. The summed E-state index contributed by atoms with van der Waals surface area (Å²) in [6.45, 7) is 5.50. The highest BCUT2D eigenvalue weighted by Gasteiger charge is 2.25. The second-order valence-corrected chi connectivity index (χ2v) is 11.7. The number of hydrogen-bond donors (Lipinski definition) is 0. The van der Waals surface area contributed by atoms with Crippen LogP contribution in [0.1, 0.15) is 46.6 Å². The van der Waals surface area contributed by atoms with Crippen molar-refractivity contribution in [1.82, 2.24) is 14.9 Å². The Balaban J connectivity index is 1.13. The number of alkyl halides is 2. The Bertz CT molecular complexity index is 987. The maximum atomic E-state index is 13.0. The fourth-order valence-corrected chi connectivity index (χ4v) is 5.96. The highest BCUT2D eigenvalue weighted by molar-refractivity contribution is 7.13. The van der Waals surface area contributed by atoms with Gasteiger partial charge in [-0.1, -0.05) is 11.3 Å². The highest BCUT2D eigenvalue weighted by Crippen LogP contribution is 2.29. The molecule has 1 unspecified atom stereocenters. The third-order valence-corrected chi connectivity index (χ3v) is 8.11. The molecule has 0 bridgehead atoms.